The zero-order chi connectivity index (χ0) is 19.1. The Bertz CT molecular complexity index is 944. The summed E-state index contributed by atoms with van der Waals surface area (Å²) >= 11 is 1.32. The molecule has 136 valence electrons. The molecule has 3 aromatic rings. The third-order valence-corrected chi connectivity index (χ3v) is 4.53. The third kappa shape index (κ3) is 4.92. The van der Waals surface area contributed by atoms with Crippen LogP contribution in [-0.2, 0) is 0 Å². The number of carbonyl (C=O) groups excluding carboxylic acids is 2. The molecule has 0 bridgehead atoms. The van der Waals surface area contributed by atoms with Crippen molar-refractivity contribution in [2.24, 2.45) is 0 Å². The van der Waals surface area contributed by atoms with Gasteiger partial charge in [-0.1, -0.05) is 48.5 Å². The van der Waals surface area contributed by atoms with Crippen molar-refractivity contribution < 1.29 is 19.1 Å². The number of rotatable bonds is 7. The zero-order valence-electron chi connectivity index (χ0n) is 14.8. The van der Waals surface area contributed by atoms with Gasteiger partial charge in [-0.15, -0.1) is 11.3 Å². The van der Waals surface area contributed by atoms with Crippen LogP contribution in [-0.4, -0.2) is 18.4 Å². The number of benzene rings is 2. The van der Waals surface area contributed by atoms with E-state index >= 15 is 0 Å². The fraction of sp³-hybridized carbons (Fsp3) is 0.0909. The van der Waals surface area contributed by atoms with Gasteiger partial charge in [0, 0.05) is 5.56 Å². The number of carbonyl (C=O) groups is 2. The van der Waals surface area contributed by atoms with E-state index in [2.05, 4.69) is 0 Å². The summed E-state index contributed by atoms with van der Waals surface area (Å²) in [5.41, 5.74) is 1.40. The predicted octanol–water partition coefficient (Wildman–Crippen LogP) is 5.26. The molecule has 0 radical (unpaired) electrons. The molecular formula is C22H18O4S. The first-order chi connectivity index (χ1) is 13.2. The summed E-state index contributed by atoms with van der Waals surface area (Å²) < 4.78 is 11.0. The number of hydrogen-bond donors (Lipinski definition) is 0. The molecular weight excluding hydrogens is 360 g/mol. The van der Waals surface area contributed by atoms with Crippen molar-refractivity contribution in [1.82, 2.24) is 0 Å². The van der Waals surface area contributed by atoms with Crippen LogP contribution in [0.1, 0.15) is 32.5 Å². The zero-order valence-corrected chi connectivity index (χ0v) is 15.6. The lowest BCUT2D eigenvalue weighted by atomic mass is 10.1. The lowest BCUT2D eigenvalue weighted by Gasteiger charge is -2.11. The number of ketones is 1. The normalized spacial score (nSPS) is 10.7. The van der Waals surface area contributed by atoms with Gasteiger partial charge in [-0.2, -0.15) is 0 Å². The minimum atomic E-state index is -0.423. The van der Waals surface area contributed by atoms with Crippen LogP contribution in [0, 0.1) is 0 Å². The Morgan fingerprint density at radius 1 is 1.00 bits per heavy atom. The van der Waals surface area contributed by atoms with Gasteiger partial charge in [-0.25, -0.2) is 4.79 Å². The summed E-state index contributed by atoms with van der Waals surface area (Å²) in [6.07, 6.45) is 3.22. The van der Waals surface area contributed by atoms with Crippen LogP contribution in [0.4, 0.5) is 0 Å². The van der Waals surface area contributed by atoms with Crippen LogP contribution in [0.3, 0.4) is 0 Å². The van der Waals surface area contributed by atoms with Crippen LogP contribution < -0.4 is 9.47 Å². The van der Waals surface area contributed by atoms with E-state index in [0.717, 1.165) is 5.56 Å². The summed E-state index contributed by atoms with van der Waals surface area (Å²) in [7, 11) is 0. The van der Waals surface area contributed by atoms with Crippen LogP contribution in [0.2, 0.25) is 0 Å². The lowest BCUT2D eigenvalue weighted by Crippen LogP contribution is -2.08. The van der Waals surface area contributed by atoms with Crippen molar-refractivity contribution in [2.45, 2.75) is 6.92 Å². The van der Waals surface area contributed by atoms with E-state index in [4.69, 9.17) is 9.47 Å². The molecule has 4 nitrogen and oxygen atoms in total. The molecule has 3 rings (SSSR count). The molecule has 0 saturated carbocycles. The smallest absolute Gasteiger partial charge is 0.353 e. The first-order valence-corrected chi connectivity index (χ1v) is 9.35. The number of esters is 1. The lowest BCUT2D eigenvalue weighted by molar-refractivity contribution is 0.0733. The molecule has 0 aliphatic heterocycles. The van der Waals surface area contributed by atoms with Gasteiger partial charge in [0.15, 0.2) is 17.3 Å². The van der Waals surface area contributed by atoms with E-state index < -0.39 is 5.97 Å². The molecule has 0 N–H and O–H groups in total. The second-order valence-electron chi connectivity index (χ2n) is 5.57. The van der Waals surface area contributed by atoms with Gasteiger partial charge in [0.05, 0.1) is 6.61 Å². The van der Waals surface area contributed by atoms with Crippen LogP contribution in [0.5, 0.6) is 11.5 Å². The average Bonchev–Trinajstić information content (AvgIpc) is 3.23. The molecule has 0 spiro atoms. The third-order valence-electron chi connectivity index (χ3n) is 3.68. The minimum absolute atomic E-state index is 0.0817. The Kier molecular flexibility index (Phi) is 6.18. The van der Waals surface area contributed by atoms with Crippen molar-refractivity contribution in [3.63, 3.8) is 0 Å². The number of hydrogen-bond acceptors (Lipinski definition) is 5. The quantitative estimate of drug-likeness (QED) is 0.243. The molecule has 0 fully saturated rings. The summed E-state index contributed by atoms with van der Waals surface area (Å²) in [6.45, 7) is 2.28. The van der Waals surface area contributed by atoms with Gasteiger partial charge in [-0.3, -0.25) is 4.79 Å². The monoisotopic (exact) mass is 378 g/mol. The molecule has 0 aliphatic rings. The van der Waals surface area contributed by atoms with Gasteiger partial charge in [-0.05, 0) is 42.1 Å². The Hall–Kier alpha value is -3.18. The van der Waals surface area contributed by atoms with Gasteiger partial charge < -0.3 is 9.47 Å². The second kappa shape index (κ2) is 8.96. The number of allylic oxidation sites excluding steroid dienone is 1. The van der Waals surface area contributed by atoms with E-state index in [-0.39, 0.29) is 5.78 Å². The van der Waals surface area contributed by atoms with E-state index in [1.54, 1.807) is 48.5 Å². The highest BCUT2D eigenvalue weighted by Gasteiger charge is 2.13. The highest BCUT2D eigenvalue weighted by atomic mass is 32.1. The highest BCUT2D eigenvalue weighted by molar-refractivity contribution is 7.12. The fourth-order valence-electron chi connectivity index (χ4n) is 2.40. The highest BCUT2D eigenvalue weighted by Crippen LogP contribution is 2.30. The molecule has 1 aromatic heterocycles. The maximum atomic E-state index is 12.2. The predicted molar refractivity (Wildman–Crippen MR) is 107 cm³/mol. The van der Waals surface area contributed by atoms with Crippen molar-refractivity contribution in [1.29, 1.82) is 0 Å². The van der Waals surface area contributed by atoms with E-state index in [0.29, 0.717) is 28.5 Å². The molecule has 1 heterocycles. The van der Waals surface area contributed by atoms with Gasteiger partial charge in [0.25, 0.3) is 0 Å². The molecule has 2 aromatic carbocycles. The molecule has 0 aliphatic carbocycles. The van der Waals surface area contributed by atoms with Gasteiger partial charge in [0.2, 0.25) is 0 Å². The van der Waals surface area contributed by atoms with E-state index in [1.165, 1.54) is 17.4 Å². The molecule has 27 heavy (non-hydrogen) atoms. The van der Waals surface area contributed by atoms with E-state index in [9.17, 15) is 9.59 Å². The van der Waals surface area contributed by atoms with Crippen molar-refractivity contribution in [2.75, 3.05) is 6.61 Å². The summed E-state index contributed by atoms with van der Waals surface area (Å²) in [4.78, 5) is 24.9. The van der Waals surface area contributed by atoms with E-state index in [1.807, 2.05) is 30.5 Å². The Labute approximate surface area is 161 Å². The number of thiophene rings is 1. The Balaban J connectivity index is 1.77. The molecule has 0 atom stereocenters. The standard InChI is InChI=1S/C22H18O4S/c1-2-25-20-15-16(10-12-18(23)17-7-4-3-5-8-17)11-13-19(20)26-22(24)21-9-6-14-27-21/h3-15H,2H2,1H3. The van der Waals surface area contributed by atoms with Gasteiger partial charge in [0.1, 0.15) is 4.88 Å². The molecule has 0 amide bonds. The van der Waals surface area contributed by atoms with Crippen molar-refractivity contribution >= 4 is 29.2 Å². The maximum Gasteiger partial charge on any atom is 0.353 e. The fourth-order valence-corrected chi connectivity index (χ4v) is 3.00. The van der Waals surface area contributed by atoms with Crippen molar-refractivity contribution in [3.8, 4) is 11.5 Å². The van der Waals surface area contributed by atoms with Crippen LogP contribution in [0.15, 0.2) is 72.1 Å². The SMILES string of the molecule is CCOc1cc(C=CC(=O)c2ccccc2)ccc1OC(=O)c1cccs1. The Morgan fingerprint density at radius 3 is 2.52 bits per heavy atom. The maximum absolute atomic E-state index is 12.2. The molecule has 0 saturated heterocycles. The van der Waals surface area contributed by atoms with Crippen molar-refractivity contribution in [3.05, 3.63) is 88.1 Å². The summed E-state index contributed by atoms with van der Waals surface area (Å²) in [6, 6.07) is 17.7. The minimum Gasteiger partial charge on any atom is -0.490 e. The largest absolute Gasteiger partial charge is 0.490 e. The summed E-state index contributed by atoms with van der Waals surface area (Å²) in [5, 5.41) is 1.82. The topological polar surface area (TPSA) is 52.6 Å². The summed E-state index contributed by atoms with van der Waals surface area (Å²) in [5.74, 6) is 0.300. The molecule has 5 heteroatoms. The average molecular weight is 378 g/mol. The first kappa shape index (κ1) is 18.6. The van der Waals surface area contributed by atoms with Crippen LogP contribution in [0.25, 0.3) is 6.08 Å². The Morgan fingerprint density at radius 2 is 1.81 bits per heavy atom. The number of ether oxygens (including phenoxy) is 2. The first-order valence-electron chi connectivity index (χ1n) is 8.47. The van der Waals surface area contributed by atoms with Crippen LogP contribution >= 0.6 is 11.3 Å². The van der Waals surface area contributed by atoms with Gasteiger partial charge >= 0.3 is 5.97 Å². The molecule has 0 unspecified atom stereocenters. The second-order valence-corrected chi connectivity index (χ2v) is 6.52.